The summed E-state index contributed by atoms with van der Waals surface area (Å²) in [6.07, 6.45) is 6.78. The van der Waals surface area contributed by atoms with Gasteiger partial charge in [0.15, 0.2) is 0 Å². The molecule has 3 aromatic heterocycles. The number of carboxylic acid groups (broad SMARTS) is 1. The molecule has 0 unspecified atom stereocenters. The first-order chi connectivity index (χ1) is 12.6. The predicted octanol–water partition coefficient (Wildman–Crippen LogP) is 4.34. The molecular formula is C18H14N4O3S. The number of aromatic carboxylic acids is 1. The molecule has 2 aliphatic rings. The summed E-state index contributed by atoms with van der Waals surface area (Å²) in [5.74, 6) is -0.616. The number of anilines is 3. The summed E-state index contributed by atoms with van der Waals surface area (Å²) in [6.45, 7) is 0. The Labute approximate surface area is 152 Å². The molecule has 2 N–H and O–H groups in total. The highest BCUT2D eigenvalue weighted by molar-refractivity contribution is 7.21. The lowest BCUT2D eigenvalue weighted by Crippen LogP contribution is -2.34. The molecule has 0 spiro atoms. The zero-order valence-corrected chi connectivity index (χ0v) is 14.4. The van der Waals surface area contributed by atoms with E-state index in [1.165, 1.54) is 6.42 Å². The van der Waals surface area contributed by atoms with Crippen LogP contribution in [0.15, 0.2) is 30.6 Å². The number of nitrogens with zero attached hydrogens (tertiary/aromatic N) is 3. The Balaban J connectivity index is 1.69. The molecule has 2 amide bonds. The van der Waals surface area contributed by atoms with Crippen LogP contribution in [0.3, 0.4) is 0 Å². The van der Waals surface area contributed by atoms with Crippen LogP contribution in [-0.4, -0.2) is 27.1 Å². The van der Waals surface area contributed by atoms with Crippen LogP contribution in [-0.2, 0) is 0 Å². The van der Waals surface area contributed by atoms with Gasteiger partial charge in [0.25, 0.3) is 0 Å². The molecule has 1 aliphatic carbocycles. The third kappa shape index (κ3) is 2.12. The van der Waals surface area contributed by atoms with Gasteiger partial charge in [-0.2, -0.15) is 0 Å². The summed E-state index contributed by atoms with van der Waals surface area (Å²) in [5.41, 5.74) is 2.69. The van der Waals surface area contributed by atoms with E-state index in [2.05, 4.69) is 15.3 Å². The average molecular weight is 366 g/mol. The van der Waals surface area contributed by atoms with Crippen molar-refractivity contribution in [2.24, 2.45) is 0 Å². The van der Waals surface area contributed by atoms with Crippen molar-refractivity contribution in [1.29, 1.82) is 0 Å². The number of thiophene rings is 1. The molecule has 7 nitrogen and oxygen atoms in total. The van der Waals surface area contributed by atoms with Crippen LogP contribution in [0.1, 0.15) is 40.5 Å². The molecule has 8 heteroatoms. The Morgan fingerprint density at radius 3 is 2.81 bits per heavy atom. The van der Waals surface area contributed by atoms with Crippen molar-refractivity contribution in [2.45, 2.75) is 25.2 Å². The SMILES string of the molecule is O=C(O)c1sc2nccc3c2c1NC(=O)N3c1ccnc(C2CCC2)c1. The number of rotatable bonds is 3. The van der Waals surface area contributed by atoms with Crippen molar-refractivity contribution >= 4 is 50.6 Å². The fourth-order valence-corrected chi connectivity index (χ4v) is 4.45. The number of carbonyl (C=O) groups is 2. The molecule has 0 aromatic carbocycles. The lowest BCUT2D eigenvalue weighted by atomic mass is 9.82. The van der Waals surface area contributed by atoms with E-state index < -0.39 is 5.97 Å². The average Bonchev–Trinajstić information content (AvgIpc) is 2.94. The maximum absolute atomic E-state index is 12.8. The number of aromatic nitrogens is 2. The number of carbonyl (C=O) groups excluding carboxylic acids is 1. The lowest BCUT2D eigenvalue weighted by molar-refractivity contribution is 0.0703. The summed E-state index contributed by atoms with van der Waals surface area (Å²) < 4.78 is 0. The van der Waals surface area contributed by atoms with Gasteiger partial charge in [0.1, 0.15) is 9.71 Å². The Morgan fingerprint density at radius 1 is 1.27 bits per heavy atom. The van der Waals surface area contributed by atoms with Crippen molar-refractivity contribution in [2.75, 3.05) is 10.2 Å². The van der Waals surface area contributed by atoms with E-state index in [0.29, 0.717) is 27.5 Å². The van der Waals surface area contributed by atoms with E-state index in [1.54, 1.807) is 29.4 Å². The van der Waals surface area contributed by atoms with E-state index in [9.17, 15) is 14.7 Å². The number of carboxylic acids is 1. The number of pyridine rings is 2. The van der Waals surface area contributed by atoms with Gasteiger partial charge in [0.05, 0.1) is 22.4 Å². The van der Waals surface area contributed by atoms with Gasteiger partial charge in [-0.15, -0.1) is 11.3 Å². The standard InChI is InChI=1S/C18H14N4O3S/c23-17(24)15-14-13-12(5-7-20-16(13)26-15)22(18(25)21-14)10-4-6-19-11(8-10)9-2-1-3-9/h4-9H,1-3H2,(H,21,25)(H,23,24). The Bertz CT molecular complexity index is 1070. The fraction of sp³-hybridized carbons (Fsp3) is 0.222. The molecule has 26 heavy (non-hydrogen) atoms. The summed E-state index contributed by atoms with van der Waals surface area (Å²) in [6, 6.07) is 5.11. The molecule has 0 radical (unpaired) electrons. The largest absolute Gasteiger partial charge is 0.477 e. The maximum Gasteiger partial charge on any atom is 0.348 e. The second-order valence-electron chi connectivity index (χ2n) is 6.45. The first-order valence-corrected chi connectivity index (χ1v) is 9.17. The summed E-state index contributed by atoms with van der Waals surface area (Å²) >= 11 is 1.07. The van der Waals surface area contributed by atoms with Crippen LogP contribution >= 0.6 is 11.3 Å². The smallest absolute Gasteiger partial charge is 0.348 e. The lowest BCUT2D eigenvalue weighted by Gasteiger charge is -2.30. The zero-order chi connectivity index (χ0) is 17.8. The van der Waals surface area contributed by atoms with E-state index in [-0.39, 0.29) is 10.9 Å². The molecule has 0 saturated heterocycles. The normalized spacial score (nSPS) is 16.5. The van der Waals surface area contributed by atoms with Crippen LogP contribution in [0.4, 0.5) is 21.9 Å². The second kappa shape index (κ2) is 5.50. The first kappa shape index (κ1) is 15.3. The third-order valence-corrected chi connectivity index (χ3v) is 6.07. The molecule has 4 heterocycles. The van der Waals surface area contributed by atoms with Crippen LogP contribution in [0.5, 0.6) is 0 Å². The minimum Gasteiger partial charge on any atom is -0.477 e. The van der Waals surface area contributed by atoms with Crippen LogP contribution in [0.25, 0.3) is 10.2 Å². The van der Waals surface area contributed by atoms with Crippen LogP contribution < -0.4 is 10.2 Å². The van der Waals surface area contributed by atoms with Gasteiger partial charge >= 0.3 is 12.0 Å². The molecule has 0 atom stereocenters. The molecule has 5 rings (SSSR count). The van der Waals surface area contributed by atoms with Gasteiger partial charge in [-0.05, 0) is 31.0 Å². The van der Waals surface area contributed by atoms with Gasteiger partial charge in [-0.3, -0.25) is 9.88 Å². The monoisotopic (exact) mass is 366 g/mol. The van der Waals surface area contributed by atoms with Gasteiger partial charge in [-0.25, -0.2) is 14.6 Å². The predicted molar refractivity (Wildman–Crippen MR) is 98.6 cm³/mol. The Morgan fingerprint density at radius 2 is 2.08 bits per heavy atom. The molecule has 1 aliphatic heterocycles. The van der Waals surface area contributed by atoms with Gasteiger partial charge in [0.2, 0.25) is 0 Å². The van der Waals surface area contributed by atoms with Gasteiger partial charge in [-0.1, -0.05) is 6.42 Å². The molecule has 0 bridgehead atoms. The zero-order valence-electron chi connectivity index (χ0n) is 13.6. The summed E-state index contributed by atoms with van der Waals surface area (Å²) in [7, 11) is 0. The highest BCUT2D eigenvalue weighted by Crippen LogP contribution is 2.46. The highest BCUT2D eigenvalue weighted by atomic mass is 32.1. The third-order valence-electron chi connectivity index (χ3n) is 4.99. The minimum atomic E-state index is -1.07. The van der Waals surface area contributed by atoms with E-state index >= 15 is 0 Å². The number of hydrogen-bond acceptors (Lipinski definition) is 5. The van der Waals surface area contributed by atoms with Crippen LogP contribution in [0, 0.1) is 0 Å². The molecule has 130 valence electrons. The second-order valence-corrected chi connectivity index (χ2v) is 7.45. The Kier molecular flexibility index (Phi) is 3.23. The number of hydrogen-bond donors (Lipinski definition) is 2. The fourth-order valence-electron chi connectivity index (χ4n) is 3.49. The first-order valence-electron chi connectivity index (χ1n) is 8.35. The summed E-state index contributed by atoms with van der Waals surface area (Å²) in [4.78, 5) is 35.3. The van der Waals surface area contributed by atoms with Crippen LogP contribution in [0.2, 0.25) is 0 Å². The quantitative estimate of drug-likeness (QED) is 0.719. The van der Waals surface area contributed by atoms with Gasteiger partial charge in [0, 0.05) is 24.0 Å². The summed E-state index contributed by atoms with van der Waals surface area (Å²) in [5, 5.41) is 12.8. The van der Waals surface area contributed by atoms with Crippen molar-refractivity contribution in [3.05, 3.63) is 41.2 Å². The molecular weight excluding hydrogens is 352 g/mol. The maximum atomic E-state index is 12.8. The van der Waals surface area contributed by atoms with Crippen molar-refractivity contribution in [3.8, 4) is 0 Å². The van der Waals surface area contributed by atoms with E-state index in [0.717, 1.165) is 35.6 Å². The van der Waals surface area contributed by atoms with E-state index in [1.807, 2.05) is 6.07 Å². The minimum absolute atomic E-state index is 0.0952. The number of urea groups is 1. The highest BCUT2D eigenvalue weighted by Gasteiger charge is 2.33. The molecule has 3 aromatic rings. The van der Waals surface area contributed by atoms with Crippen molar-refractivity contribution in [3.63, 3.8) is 0 Å². The number of nitrogens with one attached hydrogen (secondary N) is 1. The topological polar surface area (TPSA) is 95.4 Å². The van der Waals surface area contributed by atoms with Crippen molar-refractivity contribution in [1.82, 2.24) is 9.97 Å². The van der Waals surface area contributed by atoms with E-state index in [4.69, 9.17) is 0 Å². The molecule has 1 saturated carbocycles. The molecule has 1 fully saturated rings. The van der Waals surface area contributed by atoms with Crippen molar-refractivity contribution < 1.29 is 14.7 Å². The Hall–Kier alpha value is -3.00. The number of amides is 2. The van der Waals surface area contributed by atoms with Gasteiger partial charge < -0.3 is 10.4 Å².